The van der Waals surface area contributed by atoms with Gasteiger partial charge in [-0.1, -0.05) is 31.4 Å². The summed E-state index contributed by atoms with van der Waals surface area (Å²) in [7, 11) is 0. The molecule has 0 aliphatic heterocycles. The molecule has 0 saturated heterocycles. The second-order valence-corrected chi connectivity index (χ2v) is 3.17. The molecular formula is C11H15ClO. The molecule has 0 aliphatic rings. The summed E-state index contributed by atoms with van der Waals surface area (Å²) in [5, 5.41) is -0.257. The molecule has 2 heteroatoms. The minimum atomic E-state index is -0.257. The van der Waals surface area contributed by atoms with Crippen LogP contribution in [0.5, 0.6) is 0 Å². The van der Waals surface area contributed by atoms with Gasteiger partial charge < -0.3 is 0 Å². The van der Waals surface area contributed by atoms with Gasteiger partial charge in [-0.2, -0.15) is 0 Å². The lowest BCUT2D eigenvalue weighted by molar-refractivity contribution is -0.111. The van der Waals surface area contributed by atoms with Crippen molar-refractivity contribution in [3.05, 3.63) is 37.0 Å². The van der Waals surface area contributed by atoms with Gasteiger partial charge >= 0.3 is 0 Å². The first-order valence-electron chi connectivity index (χ1n) is 4.33. The van der Waals surface area contributed by atoms with Gasteiger partial charge in [-0.3, -0.25) is 4.79 Å². The maximum atomic E-state index is 10.4. The van der Waals surface area contributed by atoms with Crippen LogP contribution in [0.3, 0.4) is 0 Å². The van der Waals surface area contributed by atoms with Crippen molar-refractivity contribution in [3.63, 3.8) is 0 Å². The highest BCUT2D eigenvalue weighted by molar-refractivity contribution is 6.63. The molecule has 0 atom stereocenters. The molecule has 0 spiro atoms. The molecule has 0 unspecified atom stereocenters. The van der Waals surface area contributed by atoms with Gasteiger partial charge in [0.2, 0.25) is 5.24 Å². The summed E-state index contributed by atoms with van der Waals surface area (Å²) < 4.78 is 0. The first-order chi connectivity index (χ1) is 6.20. The smallest absolute Gasteiger partial charge is 0.221 e. The summed E-state index contributed by atoms with van der Waals surface area (Å²) in [6.45, 7) is 7.29. The zero-order valence-corrected chi connectivity index (χ0v) is 8.52. The topological polar surface area (TPSA) is 17.1 Å². The largest absolute Gasteiger partial charge is 0.281 e. The van der Waals surface area contributed by atoms with Crippen LogP contribution in [-0.2, 0) is 4.79 Å². The van der Waals surface area contributed by atoms with E-state index in [-0.39, 0.29) is 5.24 Å². The number of hydrogen-bond acceptors (Lipinski definition) is 1. The minimum absolute atomic E-state index is 0.257. The SMILES string of the molecule is C=C/C=C(\C=C)CCCCC(=O)Cl. The van der Waals surface area contributed by atoms with Gasteiger partial charge in [0.15, 0.2) is 0 Å². The number of carbonyl (C=O) groups excluding carboxylic acids is 1. The second-order valence-electron chi connectivity index (χ2n) is 2.74. The number of unbranched alkanes of at least 4 members (excludes halogenated alkanes) is 1. The number of hydrogen-bond donors (Lipinski definition) is 0. The Hall–Kier alpha value is -0.820. The number of carbonyl (C=O) groups is 1. The maximum absolute atomic E-state index is 10.4. The second kappa shape index (κ2) is 7.81. The average Bonchev–Trinajstić information content (AvgIpc) is 2.10. The quantitative estimate of drug-likeness (QED) is 0.347. The first kappa shape index (κ1) is 12.2. The average molecular weight is 199 g/mol. The van der Waals surface area contributed by atoms with Gasteiger partial charge in [-0.25, -0.2) is 0 Å². The highest BCUT2D eigenvalue weighted by Gasteiger charge is 1.96. The van der Waals surface area contributed by atoms with E-state index in [0.717, 1.165) is 24.8 Å². The Morgan fingerprint density at radius 3 is 2.31 bits per heavy atom. The van der Waals surface area contributed by atoms with Crippen LogP contribution in [0.1, 0.15) is 25.7 Å². The molecular weight excluding hydrogens is 184 g/mol. The molecule has 0 aromatic heterocycles. The van der Waals surface area contributed by atoms with Crippen molar-refractivity contribution in [2.45, 2.75) is 25.7 Å². The molecule has 1 nitrogen and oxygen atoms in total. The van der Waals surface area contributed by atoms with E-state index in [4.69, 9.17) is 11.6 Å². The normalized spacial score (nSPS) is 11.0. The van der Waals surface area contributed by atoms with Gasteiger partial charge in [-0.15, -0.1) is 0 Å². The number of rotatable bonds is 7. The van der Waals surface area contributed by atoms with E-state index in [2.05, 4.69) is 13.2 Å². The number of halogens is 1. The lowest BCUT2D eigenvalue weighted by Crippen LogP contribution is -1.86. The van der Waals surface area contributed by atoms with E-state index < -0.39 is 0 Å². The Morgan fingerprint density at radius 1 is 1.23 bits per heavy atom. The summed E-state index contributed by atoms with van der Waals surface area (Å²) in [5.74, 6) is 0. The highest BCUT2D eigenvalue weighted by Crippen LogP contribution is 2.10. The zero-order valence-electron chi connectivity index (χ0n) is 7.76. The molecule has 0 fully saturated rings. The van der Waals surface area contributed by atoms with Crippen LogP contribution in [0, 0.1) is 0 Å². The Kier molecular flexibility index (Phi) is 7.32. The summed E-state index contributed by atoms with van der Waals surface area (Å²) in [6, 6.07) is 0. The standard InChI is InChI=1S/C11H15ClO/c1-3-7-10(4-2)8-5-6-9-11(12)13/h3-4,7H,1-2,5-6,8-9H2/b10-7+. The molecule has 0 aromatic carbocycles. The van der Waals surface area contributed by atoms with Crippen molar-refractivity contribution < 1.29 is 4.79 Å². The van der Waals surface area contributed by atoms with Crippen molar-refractivity contribution in [1.82, 2.24) is 0 Å². The molecule has 0 aromatic rings. The van der Waals surface area contributed by atoms with Crippen molar-refractivity contribution >= 4 is 16.8 Å². The third kappa shape index (κ3) is 7.54. The lowest BCUT2D eigenvalue weighted by Gasteiger charge is -1.99. The summed E-state index contributed by atoms with van der Waals surface area (Å²) in [5.41, 5.74) is 1.15. The Balaban J connectivity index is 3.61. The van der Waals surface area contributed by atoms with Crippen LogP contribution in [0.15, 0.2) is 37.0 Å². The van der Waals surface area contributed by atoms with E-state index >= 15 is 0 Å². The molecule has 0 N–H and O–H groups in total. The van der Waals surface area contributed by atoms with Gasteiger partial charge in [-0.05, 0) is 36.4 Å². The monoisotopic (exact) mass is 198 g/mol. The van der Waals surface area contributed by atoms with Crippen LogP contribution in [0.4, 0.5) is 0 Å². The Bertz CT molecular complexity index is 216. The predicted octanol–water partition coefficient (Wildman–Crippen LogP) is 3.61. The van der Waals surface area contributed by atoms with Crippen molar-refractivity contribution in [2.24, 2.45) is 0 Å². The Morgan fingerprint density at radius 2 is 1.85 bits per heavy atom. The van der Waals surface area contributed by atoms with Crippen LogP contribution in [-0.4, -0.2) is 5.24 Å². The fraction of sp³-hybridized carbons (Fsp3) is 0.364. The van der Waals surface area contributed by atoms with Crippen LogP contribution < -0.4 is 0 Å². The van der Waals surface area contributed by atoms with Crippen LogP contribution in [0.2, 0.25) is 0 Å². The Labute approximate surface area is 84.8 Å². The van der Waals surface area contributed by atoms with Gasteiger partial charge in [0.05, 0.1) is 0 Å². The molecule has 0 rings (SSSR count). The van der Waals surface area contributed by atoms with E-state index in [1.54, 1.807) is 6.08 Å². The fourth-order valence-corrected chi connectivity index (χ4v) is 1.13. The molecule has 0 aliphatic carbocycles. The highest BCUT2D eigenvalue weighted by atomic mass is 35.5. The lowest BCUT2D eigenvalue weighted by atomic mass is 10.1. The van der Waals surface area contributed by atoms with Crippen molar-refractivity contribution in [1.29, 1.82) is 0 Å². The number of allylic oxidation sites excluding steroid dienone is 4. The molecule has 72 valence electrons. The molecule has 0 amide bonds. The summed E-state index contributed by atoms with van der Waals surface area (Å²) in [6.07, 6.45) is 8.66. The van der Waals surface area contributed by atoms with Gasteiger partial charge in [0.25, 0.3) is 0 Å². The fourth-order valence-electron chi connectivity index (χ4n) is 0.998. The minimum Gasteiger partial charge on any atom is -0.281 e. The molecule has 0 radical (unpaired) electrons. The maximum Gasteiger partial charge on any atom is 0.221 e. The van der Waals surface area contributed by atoms with Crippen LogP contribution >= 0.6 is 11.6 Å². The zero-order chi connectivity index (χ0) is 10.1. The predicted molar refractivity (Wildman–Crippen MR) is 57.8 cm³/mol. The summed E-state index contributed by atoms with van der Waals surface area (Å²) in [4.78, 5) is 10.4. The van der Waals surface area contributed by atoms with Gasteiger partial charge in [0.1, 0.15) is 0 Å². The third-order valence-corrected chi connectivity index (χ3v) is 1.87. The van der Waals surface area contributed by atoms with E-state index in [0.29, 0.717) is 6.42 Å². The van der Waals surface area contributed by atoms with E-state index in [9.17, 15) is 4.79 Å². The molecule has 13 heavy (non-hydrogen) atoms. The van der Waals surface area contributed by atoms with E-state index in [1.807, 2.05) is 12.2 Å². The van der Waals surface area contributed by atoms with Crippen LogP contribution in [0.25, 0.3) is 0 Å². The molecule has 0 bridgehead atoms. The van der Waals surface area contributed by atoms with E-state index in [1.165, 1.54) is 0 Å². The third-order valence-electron chi connectivity index (χ3n) is 1.68. The van der Waals surface area contributed by atoms with Crippen molar-refractivity contribution in [3.8, 4) is 0 Å². The molecule has 0 heterocycles. The van der Waals surface area contributed by atoms with Crippen molar-refractivity contribution in [2.75, 3.05) is 0 Å². The first-order valence-corrected chi connectivity index (χ1v) is 4.71. The van der Waals surface area contributed by atoms with Gasteiger partial charge in [0, 0.05) is 6.42 Å². The summed E-state index contributed by atoms with van der Waals surface area (Å²) >= 11 is 5.20. The molecule has 0 saturated carbocycles.